The lowest BCUT2D eigenvalue weighted by molar-refractivity contribution is 0.0139. The summed E-state index contributed by atoms with van der Waals surface area (Å²) < 4.78 is 0. The van der Waals surface area contributed by atoms with Crippen LogP contribution >= 0.6 is 0 Å². The van der Waals surface area contributed by atoms with Crippen molar-refractivity contribution in [1.82, 2.24) is 0 Å². The molecule has 0 atom stereocenters. The first-order chi connectivity index (χ1) is 3.66. The molecule has 0 aromatic carbocycles. The lowest BCUT2D eigenvalue weighted by Crippen LogP contribution is -2.36. The smallest absolute Gasteiger partial charge is 0.0688 e. The third-order valence-corrected chi connectivity index (χ3v) is 1.64. The maximum absolute atomic E-state index is 8.76. The topological polar surface area (TPSA) is 44.0 Å². The molecule has 0 heterocycles. The van der Waals surface area contributed by atoms with Gasteiger partial charge in [0.1, 0.15) is 0 Å². The number of nitrogens with zero attached hydrogens (tertiary/aromatic N) is 1. The molecule has 0 aromatic rings. The molecular formula is C6H9NO. The molecule has 2 heteroatoms. The monoisotopic (exact) mass is 111 g/mol. The van der Waals surface area contributed by atoms with E-state index in [2.05, 4.69) is 6.07 Å². The molecule has 0 aromatic heterocycles. The molecule has 0 saturated heterocycles. The van der Waals surface area contributed by atoms with E-state index in [1.54, 1.807) is 0 Å². The SMILES string of the molecule is CC1(C#N)CC(O)C1. The lowest BCUT2D eigenvalue weighted by atomic mass is 9.70. The molecule has 0 radical (unpaired) electrons. The minimum Gasteiger partial charge on any atom is -0.393 e. The maximum atomic E-state index is 8.76. The van der Waals surface area contributed by atoms with Crippen molar-refractivity contribution in [2.45, 2.75) is 25.9 Å². The standard InChI is InChI=1S/C6H9NO/c1-6(4-7)2-5(8)3-6/h5,8H,2-3H2,1H3. The van der Waals surface area contributed by atoms with Crippen LogP contribution in [0.3, 0.4) is 0 Å². The third kappa shape index (κ3) is 0.696. The fourth-order valence-corrected chi connectivity index (χ4v) is 1.07. The second kappa shape index (κ2) is 1.46. The van der Waals surface area contributed by atoms with E-state index < -0.39 is 0 Å². The van der Waals surface area contributed by atoms with Gasteiger partial charge in [-0.2, -0.15) is 5.26 Å². The fraction of sp³-hybridized carbons (Fsp3) is 0.833. The van der Waals surface area contributed by atoms with Crippen molar-refractivity contribution in [2.24, 2.45) is 5.41 Å². The molecule has 1 rings (SSSR count). The van der Waals surface area contributed by atoms with Gasteiger partial charge < -0.3 is 5.11 Å². The van der Waals surface area contributed by atoms with Crippen LogP contribution in [0, 0.1) is 16.7 Å². The van der Waals surface area contributed by atoms with E-state index >= 15 is 0 Å². The van der Waals surface area contributed by atoms with Crippen LogP contribution in [0.25, 0.3) is 0 Å². The van der Waals surface area contributed by atoms with Crippen LogP contribution in [0.5, 0.6) is 0 Å². The van der Waals surface area contributed by atoms with Gasteiger partial charge in [-0.3, -0.25) is 0 Å². The van der Waals surface area contributed by atoms with Crippen LogP contribution in [-0.4, -0.2) is 11.2 Å². The molecule has 1 aliphatic rings. The quantitative estimate of drug-likeness (QED) is 0.499. The van der Waals surface area contributed by atoms with Crippen LogP contribution in [-0.2, 0) is 0 Å². The summed E-state index contributed by atoms with van der Waals surface area (Å²) in [6.07, 6.45) is 1.10. The first kappa shape index (κ1) is 5.58. The number of nitriles is 1. The van der Waals surface area contributed by atoms with E-state index in [9.17, 15) is 0 Å². The molecule has 0 bridgehead atoms. The highest BCUT2D eigenvalue weighted by Crippen LogP contribution is 2.39. The van der Waals surface area contributed by atoms with Gasteiger partial charge in [-0.15, -0.1) is 0 Å². The van der Waals surface area contributed by atoms with Crippen LogP contribution in [0.4, 0.5) is 0 Å². The van der Waals surface area contributed by atoms with Crippen molar-refractivity contribution in [3.8, 4) is 6.07 Å². The number of hydrogen-bond acceptors (Lipinski definition) is 2. The fourth-order valence-electron chi connectivity index (χ4n) is 1.07. The van der Waals surface area contributed by atoms with Crippen molar-refractivity contribution < 1.29 is 5.11 Å². The Morgan fingerprint density at radius 2 is 2.25 bits per heavy atom. The Bertz CT molecular complexity index is 130. The third-order valence-electron chi connectivity index (χ3n) is 1.64. The molecule has 8 heavy (non-hydrogen) atoms. The van der Waals surface area contributed by atoms with Gasteiger partial charge in [0.15, 0.2) is 0 Å². The molecule has 0 unspecified atom stereocenters. The molecule has 1 saturated carbocycles. The second-order valence-corrected chi connectivity index (χ2v) is 2.73. The van der Waals surface area contributed by atoms with Crippen molar-refractivity contribution in [2.75, 3.05) is 0 Å². The van der Waals surface area contributed by atoms with Gasteiger partial charge in [0.25, 0.3) is 0 Å². The molecule has 1 fully saturated rings. The van der Waals surface area contributed by atoms with Gasteiger partial charge in [-0.25, -0.2) is 0 Å². The first-order valence-corrected chi connectivity index (χ1v) is 2.76. The Morgan fingerprint density at radius 3 is 2.38 bits per heavy atom. The number of aliphatic hydroxyl groups is 1. The van der Waals surface area contributed by atoms with E-state index in [0.717, 1.165) is 0 Å². The predicted molar refractivity (Wildman–Crippen MR) is 29.0 cm³/mol. The molecular weight excluding hydrogens is 102 g/mol. The summed E-state index contributed by atoms with van der Waals surface area (Å²) >= 11 is 0. The predicted octanol–water partition coefficient (Wildman–Crippen LogP) is 0.671. The van der Waals surface area contributed by atoms with Crippen molar-refractivity contribution in [1.29, 1.82) is 5.26 Å². The Kier molecular flexibility index (Phi) is 1.02. The van der Waals surface area contributed by atoms with Crippen molar-refractivity contribution >= 4 is 0 Å². The minimum absolute atomic E-state index is 0.209. The summed E-state index contributed by atoms with van der Waals surface area (Å²) in [5.41, 5.74) is -0.209. The highest BCUT2D eigenvalue weighted by molar-refractivity contribution is 5.05. The Labute approximate surface area is 48.7 Å². The van der Waals surface area contributed by atoms with E-state index in [-0.39, 0.29) is 11.5 Å². The van der Waals surface area contributed by atoms with Crippen LogP contribution < -0.4 is 0 Å². The summed E-state index contributed by atoms with van der Waals surface area (Å²) in [5.74, 6) is 0. The van der Waals surface area contributed by atoms with E-state index in [4.69, 9.17) is 10.4 Å². The zero-order valence-electron chi connectivity index (χ0n) is 4.89. The van der Waals surface area contributed by atoms with Gasteiger partial charge in [-0.05, 0) is 19.8 Å². The second-order valence-electron chi connectivity index (χ2n) is 2.73. The maximum Gasteiger partial charge on any atom is 0.0688 e. The minimum atomic E-state index is -0.209. The summed E-state index contributed by atoms with van der Waals surface area (Å²) in [7, 11) is 0. The summed E-state index contributed by atoms with van der Waals surface area (Å²) in [5, 5.41) is 17.2. The van der Waals surface area contributed by atoms with Crippen LogP contribution in [0.1, 0.15) is 19.8 Å². The normalized spacial score (nSPS) is 44.9. The van der Waals surface area contributed by atoms with Gasteiger partial charge in [0, 0.05) is 0 Å². The molecule has 0 amide bonds. The number of rotatable bonds is 0. The number of aliphatic hydroxyl groups excluding tert-OH is 1. The zero-order valence-corrected chi connectivity index (χ0v) is 4.89. The van der Waals surface area contributed by atoms with Crippen molar-refractivity contribution in [3.63, 3.8) is 0 Å². The van der Waals surface area contributed by atoms with Crippen molar-refractivity contribution in [3.05, 3.63) is 0 Å². The van der Waals surface area contributed by atoms with E-state index in [0.29, 0.717) is 12.8 Å². The van der Waals surface area contributed by atoms with Gasteiger partial charge >= 0.3 is 0 Å². The molecule has 1 aliphatic carbocycles. The summed E-state index contributed by atoms with van der Waals surface area (Å²) in [6, 6.07) is 2.15. The van der Waals surface area contributed by atoms with Crippen LogP contribution in [0.15, 0.2) is 0 Å². The lowest BCUT2D eigenvalue weighted by Gasteiger charge is -2.35. The molecule has 1 N–H and O–H groups in total. The zero-order chi connectivity index (χ0) is 6.20. The average molecular weight is 111 g/mol. The first-order valence-electron chi connectivity index (χ1n) is 2.76. The van der Waals surface area contributed by atoms with Crippen LogP contribution in [0.2, 0.25) is 0 Å². The summed E-state index contributed by atoms with van der Waals surface area (Å²) in [6.45, 7) is 1.87. The largest absolute Gasteiger partial charge is 0.393 e. The molecule has 0 aliphatic heterocycles. The van der Waals surface area contributed by atoms with E-state index in [1.807, 2.05) is 6.92 Å². The molecule has 44 valence electrons. The Balaban J connectivity index is 2.44. The number of hydrogen-bond donors (Lipinski definition) is 1. The van der Waals surface area contributed by atoms with Gasteiger partial charge in [-0.1, -0.05) is 0 Å². The molecule has 0 spiro atoms. The Hall–Kier alpha value is -0.550. The highest BCUT2D eigenvalue weighted by atomic mass is 16.3. The highest BCUT2D eigenvalue weighted by Gasteiger charge is 2.39. The summed E-state index contributed by atoms with van der Waals surface area (Å²) in [4.78, 5) is 0. The Morgan fingerprint density at radius 1 is 1.75 bits per heavy atom. The molecule has 2 nitrogen and oxygen atoms in total. The van der Waals surface area contributed by atoms with E-state index in [1.165, 1.54) is 0 Å². The average Bonchev–Trinajstić information content (AvgIpc) is 1.63. The van der Waals surface area contributed by atoms with Gasteiger partial charge in [0.05, 0.1) is 17.6 Å². The van der Waals surface area contributed by atoms with Gasteiger partial charge in [0.2, 0.25) is 0 Å².